The lowest BCUT2D eigenvalue weighted by Gasteiger charge is -2.32. The summed E-state index contributed by atoms with van der Waals surface area (Å²) in [6, 6.07) is 0. The van der Waals surface area contributed by atoms with Gasteiger partial charge in [0.1, 0.15) is 5.82 Å². The number of nitrogens with one attached hydrogen (secondary N) is 1. The maximum Gasteiger partial charge on any atom is 0.281 e. The Hall–Kier alpha value is -0.770. The molecule has 1 aliphatic heterocycles. The van der Waals surface area contributed by atoms with Crippen molar-refractivity contribution in [3.63, 3.8) is 0 Å². The van der Waals surface area contributed by atoms with Crippen LogP contribution in [-0.2, 0) is 16.8 Å². The van der Waals surface area contributed by atoms with Crippen LogP contribution in [0.25, 0.3) is 0 Å². The van der Waals surface area contributed by atoms with Gasteiger partial charge in [-0.1, -0.05) is 0 Å². The van der Waals surface area contributed by atoms with E-state index in [0.29, 0.717) is 17.9 Å². The van der Waals surface area contributed by atoms with E-state index in [9.17, 15) is 8.42 Å². The fraction of sp³-hybridized carbons (Fsp3) is 0.818. The Bertz CT molecular complexity index is 611. The maximum absolute atomic E-state index is 12.1. The number of hydrogen-bond acceptors (Lipinski definition) is 4. The molecule has 0 aromatic carbocycles. The predicted molar refractivity (Wildman–Crippen MR) is 79.2 cm³/mol. The second-order valence-electron chi connectivity index (χ2n) is 5.09. The second-order valence-corrected chi connectivity index (χ2v) is 7.62. The van der Waals surface area contributed by atoms with Gasteiger partial charge in [-0.25, -0.2) is 0 Å². The van der Waals surface area contributed by atoms with Crippen LogP contribution < -0.4 is 0 Å². The fourth-order valence-corrected chi connectivity index (χ4v) is 3.93. The van der Waals surface area contributed by atoms with E-state index in [1.54, 1.807) is 14.1 Å². The third-order valence-corrected chi connectivity index (χ3v) is 5.96. The summed E-state index contributed by atoms with van der Waals surface area (Å²) >= 11 is 5.19. The minimum Gasteiger partial charge on any atom is -0.304 e. The molecule has 20 heavy (non-hydrogen) atoms. The summed E-state index contributed by atoms with van der Waals surface area (Å²) in [7, 11) is -0.187. The number of nitrogens with zero attached hydrogens (tertiary/aromatic N) is 4. The van der Waals surface area contributed by atoms with Crippen molar-refractivity contribution >= 4 is 22.4 Å². The van der Waals surface area contributed by atoms with Crippen LogP contribution in [0.15, 0.2) is 0 Å². The number of aromatic nitrogens is 3. The third kappa shape index (κ3) is 2.80. The van der Waals surface area contributed by atoms with Crippen LogP contribution in [0.4, 0.5) is 0 Å². The van der Waals surface area contributed by atoms with Crippen molar-refractivity contribution in [1.82, 2.24) is 23.4 Å². The molecule has 0 spiro atoms. The van der Waals surface area contributed by atoms with E-state index in [1.807, 2.05) is 11.5 Å². The Labute approximate surface area is 124 Å². The smallest absolute Gasteiger partial charge is 0.281 e. The third-order valence-electron chi connectivity index (χ3n) is 3.71. The standard InChI is InChI=1S/C11H21N5O2S2/c1-4-16-10(12-13-11(16)19)9-5-7-15(8-6-9)20(17,18)14(2)3/h9H,4-8H2,1-3H3,(H,13,19). The monoisotopic (exact) mass is 319 g/mol. The highest BCUT2D eigenvalue weighted by atomic mass is 32.2. The van der Waals surface area contributed by atoms with E-state index < -0.39 is 10.2 Å². The molecule has 1 N–H and O–H groups in total. The number of aromatic amines is 1. The molecule has 7 nitrogen and oxygen atoms in total. The molecule has 0 amide bonds. The first-order chi connectivity index (χ1) is 9.37. The van der Waals surface area contributed by atoms with E-state index in [0.717, 1.165) is 25.2 Å². The molecule has 0 atom stereocenters. The number of hydrogen-bond donors (Lipinski definition) is 1. The van der Waals surface area contributed by atoms with Crippen LogP contribution in [0.3, 0.4) is 0 Å². The van der Waals surface area contributed by atoms with Gasteiger partial charge in [0.2, 0.25) is 0 Å². The van der Waals surface area contributed by atoms with Gasteiger partial charge in [-0.15, -0.1) is 0 Å². The van der Waals surface area contributed by atoms with Crippen molar-refractivity contribution in [2.45, 2.75) is 32.2 Å². The van der Waals surface area contributed by atoms with Crippen molar-refractivity contribution in [2.75, 3.05) is 27.2 Å². The second kappa shape index (κ2) is 5.92. The molecule has 1 aromatic heterocycles. The molecule has 0 unspecified atom stereocenters. The molecule has 0 aliphatic carbocycles. The largest absolute Gasteiger partial charge is 0.304 e. The van der Waals surface area contributed by atoms with Crippen LogP contribution in [0.5, 0.6) is 0 Å². The normalized spacial score (nSPS) is 18.8. The minimum atomic E-state index is -3.30. The number of piperidine rings is 1. The highest BCUT2D eigenvalue weighted by Crippen LogP contribution is 2.28. The van der Waals surface area contributed by atoms with Gasteiger partial charge in [0, 0.05) is 39.6 Å². The van der Waals surface area contributed by atoms with Gasteiger partial charge in [-0.05, 0) is 32.0 Å². The summed E-state index contributed by atoms with van der Waals surface area (Å²) in [6.45, 7) is 3.85. The lowest BCUT2D eigenvalue weighted by atomic mass is 9.97. The van der Waals surface area contributed by atoms with Crippen molar-refractivity contribution in [1.29, 1.82) is 0 Å². The average Bonchev–Trinajstić information content (AvgIpc) is 2.79. The molecule has 2 rings (SSSR count). The lowest BCUT2D eigenvalue weighted by molar-refractivity contribution is 0.294. The first kappa shape index (κ1) is 15.6. The topological polar surface area (TPSA) is 74.2 Å². The van der Waals surface area contributed by atoms with Crippen molar-refractivity contribution in [2.24, 2.45) is 0 Å². The van der Waals surface area contributed by atoms with Gasteiger partial charge in [0.15, 0.2) is 4.77 Å². The Balaban J connectivity index is 2.10. The van der Waals surface area contributed by atoms with Crippen molar-refractivity contribution in [3.8, 4) is 0 Å². The van der Waals surface area contributed by atoms with E-state index in [-0.39, 0.29) is 5.92 Å². The predicted octanol–water partition coefficient (Wildman–Crippen LogP) is 0.946. The van der Waals surface area contributed by atoms with Crippen molar-refractivity contribution in [3.05, 3.63) is 10.6 Å². The van der Waals surface area contributed by atoms with Crippen molar-refractivity contribution < 1.29 is 8.42 Å². The molecule has 2 heterocycles. The Morgan fingerprint density at radius 1 is 1.40 bits per heavy atom. The van der Waals surface area contributed by atoms with Gasteiger partial charge < -0.3 is 4.57 Å². The summed E-state index contributed by atoms with van der Waals surface area (Å²) in [4.78, 5) is 0. The van der Waals surface area contributed by atoms with E-state index >= 15 is 0 Å². The zero-order chi connectivity index (χ0) is 14.9. The molecule has 114 valence electrons. The summed E-state index contributed by atoms with van der Waals surface area (Å²) in [5.74, 6) is 1.20. The molecule has 1 aliphatic rings. The Kier molecular flexibility index (Phi) is 4.62. The van der Waals surface area contributed by atoms with Crippen LogP contribution in [0.2, 0.25) is 0 Å². The SMILES string of the molecule is CCn1c(C2CCN(S(=O)(=O)N(C)C)CC2)n[nH]c1=S. The summed E-state index contributed by atoms with van der Waals surface area (Å²) < 4.78 is 29.5. The lowest BCUT2D eigenvalue weighted by Crippen LogP contribution is -2.44. The molecule has 0 radical (unpaired) electrons. The van der Waals surface area contributed by atoms with Gasteiger partial charge >= 0.3 is 0 Å². The molecule has 1 fully saturated rings. The summed E-state index contributed by atoms with van der Waals surface area (Å²) in [5, 5.41) is 7.12. The quantitative estimate of drug-likeness (QED) is 0.839. The van der Waals surface area contributed by atoms with E-state index in [1.165, 1.54) is 8.61 Å². The average molecular weight is 319 g/mol. The van der Waals surface area contributed by atoms with Gasteiger partial charge in [0.25, 0.3) is 10.2 Å². The molecule has 0 bridgehead atoms. The van der Waals surface area contributed by atoms with Crippen LogP contribution in [0, 0.1) is 4.77 Å². The first-order valence-electron chi connectivity index (χ1n) is 6.70. The zero-order valence-electron chi connectivity index (χ0n) is 12.0. The molecule has 1 aromatic rings. The highest BCUT2D eigenvalue weighted by Gasteiger charge is 2.31. The van der Waals surface area contributed by atoms with Gasteiger partial charge in [0.05, 0.1) is 0 Å². The number of rotatable bonds is 4. The Morgan fingerprint density at radius 3 is 2.50 bits per heavy atom. The van der Waals surface area contributed by atoms with Crippen LogP contribution in [-0.4, -0.2) is 59.0 Å². The first-order valence-corrected chi connectivity index (χ1v) is 8.51. The van der Waals surface area contributed by atoms with Gasteiger partial charge in [-0.2, -0.15) is 22.1 Å². The fourth-order valence-electron chi connectivity index (χ4n) is 2.52. The molecule has 9 heteroatoms. The summed E-state index contributed by atoms with van der Waals surface area (Å²) in [5.41, 5.74) is 0. The van der Waals surface area contributed by atoms with Gasteiger partial charge in [-0.3, -0.25) is 5.10 Å². The molecular formula is C11H21N5O2S2. The van der Waals surface area contributed by atoms with Crippen LogP contribution >= 0.6 is 12.2 Å². The highest BCUT2D eigenvalue weighted by molar-refractivity contribution is 7.86. The minimum absolute atomic E-state index is 0.261. The molecule has 1 saturated heterocycles. The Morgan fingerprint density at radius 2 is 2.00 bits per heavy atom. The number of H-pyrrole nitrogens is 1. The molecular weight excluding hydrogens is 298 g/mol. The zero-order valence-corrected chi connectivity index (χ0v) is 13.7. The maximum atomic E-state index is 12.1. The van der Waals surface area contributed by atoms with Crippen LogP contribution in [0.1, 0.15) is 31.5 Å². The molecule has 0 saturated carbocycles. The van der Waals surface area contributed by atoms with E-state index in [4.69, 9.17) is 12.2 Å². The van der Waals surface area contributed by atoms with E-state index in [2.05, 4.69) is 10.2 Å². The summed E-state index contributed by atoms with van der Waals surface area (Å²) in [6.07, 6.45) is 1.54.